The predicted octanol–water partition coefficient (Wildman–Crippen LogP) is 4.64. The van der Waals surface area contributed by atoms with Crippen molar-refractivity contribution >= 4 is 31.8 Å². The molecule has 0 saturated heterocycles. The standard InChI is InChI=1S/C26H29N3O4S2/c1-16-9-11-22-24(13-16)33-29-26(22)21-8-6-5-7-20(21)19(14-18(3)34(27)30)15-23-17(2)10-12-25(28-23)35(4,31)32/h5-13,18-19H,14-15,27H2,1-4H3/t18?,19-,34?/m1/s1. The van der Waals surface area contributed by atoms with E-state index in [2.05, 4.69) is 10.1 Å². The number of pyridine rings is 1. The summed E-state index contributed by atoms with van der Waals surface area (Å²) in [5, 5.41) is 10.8. The van der Waals surface area contributed by atoms with Gasteiger partial charge in [0.25, 0.3) is 0 Å². The highest BCUT2D eigenvalue weighted by Gasteiger charge is 2.25. The molecule has 7 nitrogen and oxygen atoms in total. The van der Waals surface area contributed by atoms with Gasteiger partial charge in [-0.2, -0.15) is 0 Å². The zero-order valence-corrected chi connectivity index (χ0v) is 21.8. The number of sulfone groups is 1. The van der Waals surface area contributed by atoms with Gasteiger partial charge in [-0.05, 0) is 74.4 Å². The Kier molecular flexibility index (Phi) is 7.21. The molecular weight excluding hydrogens is 482 g/mol. The van der Waals surface area contributed by atoms with Crippen LogP contribution in [0.5, 0.6) is 0 Å². The van der Waals surface area contributed by atoms with Gasteiger partial charge in [0.15, 0.2) is 20.4 Å². The van der Waals surface area contributed by atoms with Gasteiger partial charge in [-0.25, -0.2) is 17.6 Å². The van der Waals surface area contributed by atoms with Crippen LogP contribution in [0.2, 0.25) is 0 Å². The molecule has 0 aliphatic heterocycles. The van der Waals surface area contributed by atoms with Crippen LogP contribution in [-0.4, -0.2) is 34.3 Å². The fourth-order valence-corrected chi connectivity index (χ4v) is 5.33. The molecule has 4 aromatic rings. The van der Waals surface area contributed by atoms with Gasteiger partial charge in [0.1, 0.15) is 5.69 Å². The van der Waals surface area contributed by atoms with E-state index in [4.69, 9.17) is 9.66 Å². The van der Waals surface area contributed by atoms with E-state index in [-0.39, 0.29) is 16.2 Å². The highest BCUT2D eigenvalue weighted by molar-refractivity contribution is 7.90. The first-order chi connectivity index (χ1) is 16.5. The van der Waals surface area contributed by atoms with E-state index in [9.17, 15) is 12.6 Å². The Morgan fingerprint density at radius 1 is 1.09 bits per heavy atom. The number of rotatable bonds is 8. The van der Waals surface area contributed by atoms with Gasteiger partial charge in [0.05, 0.1) is 11.0 Å². The maximum Gasteiger partial charge on any atom is 0.192 e. The minimum atomic E-state index is -3.45. The van der Waals surface area contributed by atoms with Crippen molar-refractivity contribution in [2.75, 3.05) is 6.26 Å². The van der Waals surface area contributed by atoms with E-state index in [0.29, 0.717) is 24.1 Å². The summed E-state index contributed by atoms with van der Waals surface area (Å²) in [6, 6.07) is 17.2. The monoisotopic (exact) mass is 511 g/mol. The van der Waals surface area contributed by atoms with Crippen molar-refractivity contribution in [1.29, 1.82) is 0 Å². The van der Waals surface area contributed by atoms with Crippen LogP contribution in [0.15, 0.2) is 64.1 Å². The van der Waals surface area contributed by atoms with Crippen molar-refractivity contribution < 1.29 is 17.1 Å². The van der Waals surface area contributed by atoms with Gasteiger partial charge in [0.2, 0.25) is 0 Å². The van der Waals surface area contributed by atoms with Crippen LogP contribution in [0.4, 0.5) is 0 Å². The zero-order valence-electron chi connectivity index (χ0n) is 20.2. The quantitative estimate of drug-likeness (QED) is 0.368. The molecule has 0 bridgehead atoms. The Bertz CT molecular complexity index is 1510. The maximum absolute atomic E-state index is 12.1. The molecule has 0 amide bonds. The highest BCUT2D eigenvalue weighted by Crippen LogP contribution is 2.37. The van der Waals surface area contributed by atoms with Crippen molar-refractivity contribution in [3.63, 3.8) is 0 Å². The largest absolute Gasteiger partial charge is 0.356 e. The van der Waals surface area contributed by atoms with E-state index in [1.807, 2.05) is 63.2 Å². The third-order valence-electron chi connectivity index (χ3n) is 6.29. The summed E-state index contributed by atoms with van der Waals surface area (Å²) in [6.45, 7) is 5.77. The second-order valence-corrected chi connectivity index (χ2v) is 12.5. The molecule has 0 saturated carbocycles. The molecule has 0 spiro atoms. The topological polar surface area (TPSA) is 116 Å². The summed E-state index contributed by atoms with van der Waals surface area (Å²) in [7, 11) is -4.96. The van der Waals surface area contributed by atoms with Gasteiger partial charge < -0.3 is 4.52 Å². The number of hydrogen-bond donors (Lipinski definition) is 1. The van der Waals surface area contributed by atoms with Crippen molar-refractivity contribution in [3.8, 4) is 11.3 Å². The van der Waals surface area contributed by atoms with Crippen LogP contribution in [0.25, 0.3) is 22.2 Å². The third kappa shape index (κ3) is 5.52. The van der Waals surface area contributed by atoms with Crippen LogP contribution in [0.1, 0.15) is 41.6 Å². The van der Waals surface area contributed by atoms with Crippen LogP contribution >= 0.6 is 0 Å². The molecule has 3 atom stereocenters. The molecule has 2 N–H and O–H groups in total. The summed E-state index contributed by atoms with van der Waals surface area (Å²) >= 11 is 0. The van der Waals surface area contributed by atoms with Gasteiger partial charge in [-0.3, -0.25) is 5.14 Å². The highest BCUT2D eigenvalue weighted by atomic mass is 32.2. The number of nitrogens with two attached hydrogens (primary N) is 1. The van der Waals surface area contributed by atoms with Gasteiger partial charge >= 0.3 is 0 Å². The Morgan fingerprint density at radius 3 is 2.54 bits per heavy atom. The number of hydrogen-bond acceptors (Lipinski definition) is 6. The molecule has 0 radical (unpaired) electrons. The van der Waals surface area contributed by atoms with Crippen molar-refractivity contribution in [2.45, 2.75) is 49.8 Å². The normalized spacial score (nSPS) is 14.7. The smallest absolute Gasteiger partial charge is 0.192 e. The summed E-state index contributed by atoms with van der Waals surface area (Å²) in [6.07, 6.45) is 2.14. The molecule has 9 heteroatoms. The summed E-state index contributed by atoms with van der Waals surface area (Å²) < 4.78 is 42.0. The fourth-order valence-electron chi connectivity index (χ4n) is 4.32. The molecule has 0 aliphatic carbocycles. The molecule has 0 aliphatic rings. The number of benzene rings is 2. The van der Waals surface area contributed by atoms with Crippen molar-refractivity contribution in [2.24, 2.45) is 5.14 Å². The lowest BCUT2D eigenvalue weighted by atomic mass is 9.85. The summed E-state index contributed by atoms with van der Waals surface area (Å²) in [5.41, 5.74) is 6.00. The van der Waals surface area contributed by atoms with Crippen LogP contribution in [0.3, 0.4) is 0 Å². The third-order valence-corrected chi connectivity index (χ3v) is 8.26. The second kappa shape index (κ2) is 10.0. The van der Waals surface area contributed by atoms with Gasteiger partial charge in [-0.1, -0.05) is 41.6 Å². The predicted molar refractivity (Wildman–Crippen MR) is 139 cm³/mol. The first-order valence-electron chi connectivity index (χ1n) is 11.3. The zero-order chi connectivity index (χ0) is 25.3. The van der Waals surface area contributed by atoms with E-state index >= 15 is 0 Å². The lowest BCUT2D eigenvalue weighted by Crippen LogP contribution is -2.22. The van der Waals surface area contributed by atoms with E-state index in [1.54, 1.807) is 6.07 Å². The maximum atomic E-state index is 12.1. The molecule has 4 rings (SSSR count). The molecule has 2 heterocycles. The second-order valence-electron chi connectivity index (χ2n) is 9.08. The van der Waals surface area contributed by atoms with Gasteiger partial charge in [-0.15, -0.1) is 0 Å². The van der Waals surface area contributed by atoms with Gasteiger partial charge in [0, 0.05) is 28.1 Å². The lowest BCUT2D eigenvalue weighted by molar-refractivity contribution is 0.459. The molecule has 2 unspecified atom stereocenters. The Morgan fingerprint density at radius 2 is 1.83 bits per heavy atom. The van der Waals surface area contributed by atoms with Crippen molar-refractivity contribution in [1.82, 2.24) is 10.1 Å². The van der Waals surface area contributed by atoms with Crippen LogP contribution < -0.4 is 5.14 Å². The Balaban J connectivity index is 1.84. The first kappa shape index (κ1) is 25.2. The molecular formula is C26H29N3O4S2. The van der Waals surface area contributed by atoms with Crippen LogP contribution in [-0.2, 0) is 27.2 Å². The van der Waals surface area contributed by atoms with Crippen LogP contribution in [0, 0.1) is 13.8 Å². The molecule has 35 heavy (non-hydrogen) atoms. The van der Waals surface area contributed by atoms with E-state index < -0.39 is 20.8 Å². The Hall–Kier alpha value is -2.88. The fraction of sp³-hybridized carbons (Fsp3) is 0.308. The van der Waals surface area contributed by atoms with E-state index in [0.717, 1.165) is 39.6 Å². The number of fused-ring (bicyclic) bond motifs is 1. The number of aromatic nitrogens is 2. The first-order valence-corrected chi connectivity index (χ1v) is 14.5. The molecule has 2 aromatic carbocycles. The molecule has 2 aromatic heterocycles. The summed E-state index contributed by atoms with van der Waals surface area (Å²) in [5.74, 6) is -0.132. The molecule has 0 fully saturated rings. The average molecular weight is 512 g/mol. The minimum absolute atomic E-state index is 0.0402. The number of aryl methyl sites for hydroxylation is 2. The SMILES string of the molecule is Cc1ccc2c(-c3ccccc3[C@@H](Cc3nc(S(C)(=O)=O)ccc3C)CC(C)S(N)=O)noc2c1. The lowest BCUT2D eigenvalue weighted by Gasteiger charge is -2.23. The average Bonchev–Trinajstić information content (AvgIpc) is 3.21. The minimum Gasteiger partial charge on any atom is -0.356 e. The van der Waals surface area contributed by atoms with E-state index in [1.165, 1.54) is 6.07 Å². The summed E-state index contributed by atoms with van der Waals surface area (Å²) in [4.78, 5) is 4.48. The Labute approximate surface area is 208 Å². The molecule has 184 valence electrons. The van der Waals surface area contributed by atoms with Crippen molar-refractivity contribution in [3.05, 3.63) is 77.0 Å². The number of nitrogens with zero attached hydrogens (tertiary/aromatic N) is 2.